The zero-order chi connectivity index (χ0) is 22.6. The summed E-state index contributed by atoms with van der Waals surface area (Å²) in [5.41, 5.74) is 2.87. The van der Waals surface area contributed by atoms with E-state index in [1.807, 2.05) is 35.4 Å². The van der Waals surface area contributed by atoms with Crippen LogP contribution in [0.25, 0.3) is 0 Å². The van der Waals surface area contributed by atoms with Crippen LogP contribution in [0.3, 0.4) is 0 Å². The van der Waals surface area contributed by atoms with Gasteiger partial charge in [0, 0.05) is 45.3 Å². The highest BCUT2D eigenvalue weighted by Crippen LogP contribution is 2.39. The van der Waals surface area contributed by atoms with Crippen LogP contribution < -0.4 is 14.4 Å². The third-order valence-electron chi connectivity index (χ3n) is 6.54. The SMILES string of the molecule is COCc1ccc(N2CCOc3ccc(OC4CCN(C(=O)C5CCOCC5)C4)cc32)cn1. The Morgan fingerprint density at radius 1 is 1.12 bits per heavy atom. The Hall–Kier alpha value is -2.84. The quantitative estimate of drug-likeness (QED) is 0.665. The predicted octanol–water partition coefficient (Wildman–Crippen LogP) is 3.16. The molecule has 1 unspecified atom stereocenters. The van der Waals surface area contributed by atoms with E-state index in [2.05, 4.69) is 16.0 Å². The number of likely N-dealkylation sites (tertiary alicyclic amines) is 1. The van der Waals surface area contributed by atoms with Crippen LogP contribution in [-0.4, -0.2) is 68.5 Å². The van der Waals surface area contributed by atoms with Crippen molar-refractivity contribution in [3.05, 3.63) is 42.2 Å². The number of pyridine rings is 1. The molecule has 3 aliphatic rings. The number of anilines is 2. The van der Waals surface area contributed by atoms with E-state index in [-0.39, 0.29) is 17.9 Å². The molecule has 5 rings (SSSR count). The fraction of sp³-hybridized carbons (Fsp3) is 0.520. The molecule has 2 saturated heterocycles. The van der Waals surface area contributed by atoms with Gasteiger partial charge in [0.1, 0.15) is 24.2 Å². The Kier molecular flexibility index (Phi) is 6.64. The van der Waals surface area contributed by atoms with E-state index in [0.717, 1.165) is 60.9 Å². The first-order valence-electron chi connectivity index (χ1n) is 11.7. The molecule has 0 radical (unpaired) electrons. The van der Waals surface area contributed by atoms with E-state index in [1.54, 1.807) is 7.11 Å². The van der Waals surface area contributed by atoms with E-state index in [4.69, 9.17) is 18.9 Å². The minimum atomic E-state index is -0.000191. The van der Waals surface area contributed by atoms with Gasteiger partial charge < -0.3 is 28.7 Å². The molecule has 0 aliphatic carbocycles. The summed E-state index contributed by atoms with van der Waals surface area (Å²) >= 11 is 0. The van der Waals surface area contributed by atoms with Crippen LogP contribution in [0.5, 0.6) is 11.5 Å². The zero-order valence-electron chi connectivity index (χ0n) is 19.1. The second kappa shape index (κ2) is 9.97. The molecule has 1 aromatic carbocycles. The summed E-state index contributed by atoms with van der Waals surface area (Å²) in [6, 6.07) is 9.98. The second-order valence-electron chi connectivity index (χ2n) is 8.77. The van der Waals surface area contributed by atoms with Crippen molar-refractivity contribution >= 4 is 17.3 Å². The number of ether oxygens (including phenoxy) is 4. The summed E-state index contributed by atoms with van der Waals surface area (Å²) in [6.45, 7) is 4.59. The lowest BCUT2D eigenvalue weighted by Crippen LogP contribution is -2.38. The third kappa shape index (κ3) is 4.91. The van der Waals surface area contributed by atoms with Crippen LogP contribution >= 0.6 is 0 Å². The minimum Gasteiger partial charge on any atom is -0.490 e. The van der Waals surface area contributed by atoms with Gasteiger partial charge in [0.05, 0.1) is 43.0 Å². The van der Waals surface area contributed by atoms with E-state index in [9.17, 15) is 4.79 Å². The number of nitrogens with zero attached hydrogens (tertiary/aromatic N) is 3. The lowest BCUT2D eigenvalue weighted by atomic mass is 9.99. The smallest absolute Gasteiger partial charge is 0.225 e. The first-order chi connectivity index (χ1) is 16.2. The van der Waals surface area contributed by atoms with Crippen molar-refractivity contribution in [2.75, 3.05) is 51.5 Å². The summed E-state index contributed by atoms with van der Waals surface area (Å²) in [7, 11) is 1.67. The Morgan fingerprint density at radius 3 is 2.79 bits per heavy atom. The molecule has 0 N–H and O–H groups in total. The molecule has 0 saturated carbocycles. The van der Waals surface area contributed by atoms with Crippen molar-refractivity contribution in [2.24, 2.45) is 5.92 Å². The normalized spacial score (nSPS) is 20.9. The lowest BCUT2D eigenvalue weighted by molar-refractivity contribution is -0.137. The van der Waals surface area contributed by atoms with Crippen LogP contribution in [0.15, 0.2) is 36.5 Å². The van der Waals surface area contributed by atoms with Crippen molar-refractivity contribution in [1.82, 2.24) is 9.88 Å². The third-order valence-corrected chi connectivity index (χ3v) is 6.54. The largest absolute Gasteiger partial charge is 0.490 e. The number of methoxy groups -OCH3 is 1. The Bertz CT molecular complexity index is 961. The number of amides is 1. The van der Waals surface area contributed by atoms with Crippen LogP contribution in [0.4, 0.5) is 11.4 Å². The monoisotopic (exact) mass is 453 g/mol. The number of fused-ring (bicyclic) bond motifs is 1. The molecule has 33 heavy (non-hydrogen) atoms. The molecule has 2 aromatic rings. The molecule has 0 spiro atoms. The molecule has 3 aliphatic heterocycles. The van der Waals surface area contributed by atoms with Gasteiger partial charge in [0.15, 0.2) is 0 Å². The first-order valence-corrected chi connectivity index (χ1v) is 11.7. The van der Waals surface area contributed by atoms with Gasteiger partial charge in [-0.2, -0.15) is 0 Å². The number of carbonyl (C=O) groups is 1. The van der Waals surface area contributed by atoms with E-state index >= 15 is 0 Å². The summed E-state index contributed by atoms with van der Waals surface area (Å²) in [5, 5.41) is 0. The van der Waals surface area contributed by atoms with Gasteiger partial charge in [-0.05, 0) is 37.1 Å². The van der Waals surface area contributed by atoms with Gasteiger partial charge in [-0.15, -0.1) is 0 Å². The zero-order valence-corrected chi connectivity index (χ0v) is 19.1. The fourth-order valence-electron chi connectivity index (χ4n) is 4.77. The molecular formula is C25H31N3O5. The molecule has 2 fully saturated rings. The molecular weight excluding hydrogens is 422 g/mol. The van der Waals surface area contributed by atoms with E-state index in [0.29, 0.717) is 33.0 Å². The molecule has 8 nitrogen and oxygen atoms in total. The Balaban J connectivity index is 1.26. The molecule has 1 atom stereocenters. The van der Waals surface area contributed by atoms with Gasteiger partial charge in [-0.3, -0.25) is 9.78 Å². The average Bonchev–Trinajstić information content (AvgIpc) is 3.33. The first kappa shape index (κ1) is 22.0. The molecule has 176 valence electrons. The summed E-state index contributed by atoms with van der Waals surface area (Å²) in [6.07, 6.45) is 4.36. The highest BCUT2D eigenvalue weighted by atomic mass is 16.5. The number of aromatic nitrogens is 1. The van der Waals surface area contributed by atoms with Gasteiger partial charge in [-0.25, -0.2) is 0 Å². The fourth-order valence-corrected chi connectivity index (χ4v) is 4.77. The molecule has 4 heterocycles. The maximum Gasteiger partial charge on any atom is 0.225 e. The number of carbonyl (C=O) groups excluding carboxylic acids is 1. The minimum absolute atomic E-state index is 0.000191. The number of hydrogen-bond donors (Lipinski definition) is 0. The van der Waals surface area contributed by atoms with E-state index in [1.165, 1.54) is 0 Å². The van der Waals surface area contributed by atoms with Gasteiger partial charge >= 0.3 is 0 Å². The van der Waals surface area contributed by atoms with Crippen molar-refractivity contribution in [3.63, 3.8) is 0 Å². The number of rotatable bonds is 6. The summed E-state index contributed by atoms with van der Waals surface area (Å²) < 4.78 is 22.7. The topological polar surface area (TPSA) is 73.4 Å². The standard InChI is InChI=1S/C25H31N3O5/c1-30-17-19-2-3-20(15-26-19)28-10-13-32-24-5-4-21(14-23(24)28)33-22-6-9-27(16-22)25(29)18-7-11-31-12-8-18/h2-5,14-15,18,22H,6-13,16-17H2,1H3. The second-order valence-corrected chi connectivity index (χ2v) is 8.77. The van der Waals surface area contributed by atoms with Gasteiger partial charge in [0.25, 0.3) is 0 Å². The van der Waals surface area contributed by atoms with Crippen molar-refractivity contribution < 1.29 is 23.7 Å². The van der Waals surface area contributed by atoms with Gasteiger partial charge in [0.2, 0.25) is 5.91 Å². The van der Waals surface area contributed by atoms with Gasteiger partial charge in [-0.1, -0.05) is 0 Å². The molecule has 8 heteroatoms. The molecule has 1 amide bonds. The summed E-state index contributed by atoms with van der Waals surface area (Å²) in [4.78, 5) is 21.5. The Morgan fingerprint density at radius 2 is 2.00 bits per heavy atom. The molecule has 0 bridgehead atoms. The highest BCUT2D eigenvalue weighted by Gasteiger charge is 2.33. The summed E-state index contributed by atoms with van der Waals surface area (Å²) in [5.74, 6) is 1.96. The highest BCUT2D eigenvalue weighted by molar-refractivity contribution is 5.79. The van der Waals surface area contributed by atoms with Crippen LogP contribution in [0.1, 0.15) is 25.0 Å². The average molecular weight is 454 g/mol. The number of hydrogen-bond acceptors (Lipinski definition) is 7. The van der Waals surface area contributed by atoms with Crippen LogP contribution in [0, 0.1) is 5.92 Å². The molecule has 1 aromatic heterocycles. The lowest BCUT2D eigenvalue weighted by Gasteiger charge is -2.31. The van der Waals surface area contributed by atoms with Crippen molar-refractivity contribution in [2.45, 2.75) is 32.0 Å². The van der Waals surface area contributed by atoms with Crippen molar-refractivity contribution in [1.29, 1.82) is 0 Å². The van der Waals surface area contributed by atoms with Crippen LogP contribution in [0.2, 0.25) is 0 Å². The van der Waals surface area contributed by atoms with Crippen molar-refractivity contribution in [3.8, 4) is 11.5 Å². The van der Waals surface area contributed by atoms with Crippen LogP contribution in [-0.2, 0) is 20.9 Å². The Labute approximate surface area is 194 Å². The maximum absolute atomic E-state index is 12.8. The number of benzene rings is 1. The maximum atomic E-state index is 12.8. The van der Waals surface area contributed by atoms with E-state index < -0.39 is 0 Å². The predicted molar refractivity (Wildman–Crippen MR) is 123 cm³/mol.